The highest BCUT2D eigenvalue weighted by molar-refractivity contribution is 9.11. The molecule has 0 aromatic rings. The smallest absolute Gasteiger partial charge is 0.0900 e. The summed E-state index contributed by atoms with van der Waals surface area (Å²) < 4.78 is 0. The first-order valence-corrected chi connectivity index (χ1v) is 4.81. The minimum atomic E-state index is 0. The lowest BCUT2D eigenvalue weighted by molar-refractivity contribution is 0.300. The highest BCUT2D eigenvalue weighted by Gasteiger charge is 2.07. The van der Waals surface area contributed by atoms with Crippen molar-refractivity contribution < 1.29 is 0 Å². The lowest BCUT2D eigenvalue weighted by Gasteiger charge is -2.18. The molecule has 0 fully saturated rings. The Bertz CT molecular complexity index is 202. The van der Waals surface area contributed by atoms with Crippen molar-refractivity contribution in [1.82, 2.24) is 9.80 Å². The van der Waals surface area contributed by atoms with E-state index in [0.29, 0.717) is 0 Å². The molecular weight excluding hydrogens is 296 g/mol. The normalized spacial score (nSPS) is 15.2. The van der Waals surface area contributed by atoms with Crippen molar-refractivity contribution in [3.8, 4) is 0 Å². The maximum Gasteiger partial charge on any atom is 0.0900 e. The molecule has 0 amide bonds. The quantitative estimate of drug-likeness (QED) is 0.737. The molecule has 0 spiro atoms. The Morgan fingerprint density at radius 2 is 1.92 bits per heavy atom. The van der Waals surface area contributed by atoms with Crippen molar-refractivity contribution in [2.75, 3.05) is 19.8 Å². The zero-order chi connectivity index (χ0) is 8.81. The van der Waals surface area contributed by atoms with Crippen LogP contribution in [0.15, 0.2) is 36.1 Å². The van der Waals surface area contributed by atoms with Gasteiger partial charge in [-0.2, -0.15) is 0 Å². The summed E-state index contributed by atoms with van der Waals surface area (Å²) in [5.74, 6) is 0. The lowest BCUT2D eigenvalue weighted by atomic mass is 10.5. The number of halogens is 2. The van der Waals surface area contributed by atoms with Gasteiger partial charge >= 0.3 is 0 Å². The fourth-order valence-corrected chi connectivity index (χ4v) is 1.26. The van der Waals surface area contributed by atoms with Gasteiger partial charge in [-0.3, -0.25) is 0 Å². The van der Waals surface area contributed by atoms with Gasteiger partial charge in [-0.15, -0.1) is 23.6 Å². The van der Waals surface area contributed by atoms with E-state index in [-0.39, 0.29) is 17.0 Å². The molecule has 0 aliphatic carbocycles. The third-order valence-corrected chi connectivity index (χ3v) is 2.02. The fourth-order valence-electron chi connectivity index (χ4n) is 1.09. The molecule has 0 saturated carbocycles. The predicted octanol–water partition coefficient (Wildman–Crippen LogP) is 2.71. The largest absolute Gasteiger partial charge is 0.355 e. The second-order valence-corrected chi connectivity index (χ2v) is 3.16. The molecule has 0 radical (unpaired) electrons. The topological polar surface area (TPSA) is 6.48 Å². The molecule has 1 heterocycles. The van der Waals surface area contributed by atoms with Gasteiger partial charge in [0, 0.05) is 25.5 Å². The maximum absolute atomic E-state index is 3.70. The summed E-state index contributed by atoms with van der Waals surface area (Å²) in [6.07, 6.45) is 8.16. The highest BCUT2D eigenvalue weighted by atomic mass is 79.9. The van der Waals surface area contributed by atoms with Crippen molar-refractivity contribution >= 4 is 32.9 Å². The summed E-state index contributed by atoms with van der Waals surface area (Å²) >= 11 is 3.24. The van der Waals surface area contributed by atoms with Crippen molar-refractivity contribution in [1.29, 1.82) is 0 Å². The van der Waals surface area contributed by atoms with Crippen molar-refractivity contribution in [2.45, 2.75) is 0 Å². The molecule has 1 aliphatic heterocycles. The molecule has 0 atom stereocenters. The monoisotopic (exact) mass is 308 g/mol. The minimum Gasteiger partial charge on any atom is -0.355 e. The first kappa shape index (κ1) is 12.8. The summed E-state index contributed by atoms with van der Waals surface area (Å²) in [6, 6.07) is 0. The van der Waals surface area contributed by atoms with Crippen LogP contribution in [0, 0.1) is 0 Å². The van der Waals surface area contributed by atoms with Crippen LogP contribution in [0.25, 0.3) is 0 Å². The van der Waals surface area contributed by atoms with Crippen LogP contribution >= 0.6 is 32.9 Å². The molecule has 1 aliphatic rings. The van der Waals surface area contributed by atoms with Crippen LogP contribution in [-0.2, 0) is 0 Å². The molecule has 4 heteroatoms. The van der Waals surface area contributed by atoms with Crippen LogP contribution < -0.4 is 0 Å². The molecule has 74 valence electrons. The van der Waals surface area contributed by atoms with Crippen molar-refractivity contribution in [3.63, 3.8) is 0 Å². The highest BCUT2D eigenvalue weighted by Crippen LogP contribution is 2.05. The Labute approximate surface area is 98.5 Å². The van der Waals surface area contributed by atoms with Gasteiger partial charge in [0.05, 0.1) is 6.67 Å². The van der Waals surface area contributed by atoms with Gasteiger partial charge in [0.2, 0.25) is 0 Å². The summed E-state index contributed by atoms with van der Waals surface area (Å²) in [4.78, 5) is 6.31. The summed E-state index contributed by atoms with van der Waals surface area (Å²) in [5.41, 5.74) is 0. The molecule has 0 aromatic carbocycles. The van der Waals surface area contributed by atoms with E-state index in [1.54, 1.807) is 0 Å². The summed E-state index contributed by atoms with van der Waals surface area (Å²) in [7, 11) is 0. The first-order valence-electron chi connectivity index (χ1n) is 3.89. The third kappa shape index (κ3) is 4.52. The van der Waals surface area contributed by atoms with Crippen LogP contribution in [0.3, 0.4) is 0 Å². The van der Waals surface area contributed by atoms with Crippen LogP contribution in [0.2, 0.25) is 0 Å². The van der Waals surface area contributed by atoms with Gasteiger partial charge in [0.1, 0.15) is 0 Å². The van der Waals surface area contributed by atoms with Gasteiger partial charge < -0.3 is 9.80 Å². The molecule has 1 rings (SSSR count). The van der Waals surface area contributed by atoms with E-state index >= 15 is 0 Å². The molecule has 0 N–H and O–H groups in total. The van der Waals surface area contributed by atoms with E-state index in [1.165, 1.54) is 0 Å². The van der Waals surface area contributed by atoms with E-state index in [2.05, 4.69) is 50.8 Å². The third-order valence-electron chi connectivity index (χ3n) is 1.64. The van der Waals surface area contributed by atoms with Crippen molar-refractivity contribution in [2.24, 2.45) is 0 Å². The van der Waals surface area contributed by atoms with E-state index < -0.39 is 0 Å². The van der Waals surface area contributed by atoms with Crippen molar-refractivity contribution in [3.05, 3.63) is 36.1 Å². The standard InChI is InChI=1S/C9H13BrN2.BrH/c1-2-5-11-7-8-12(9-11)6-3-4-10;/h2-4,7-8H,1,5-6,9H2;1H. The zero-order valence-corrected chi connectivity index (χ0v) is 10.7. The predicted molar refractivity (Wildman–Crippen MR) is 66.0 cm³/mol. The van der Waals surface area contributed by atoms with Crippen LogP contribution in [0.4, 0.5) is 0 Å². The molecule has 0 bridgehead atoms. The first-order chi connectivity index (χ1) is 5.86. The molecule has 13 heavy (non-hydrogen) atoms. The molecule has 0 unspecified atom stereocenters. The van der Waals surface area contributed by atoms with Gasteiger partial charge in [-0.25, -0.2) is 0 Å². The Morgan fingerprint density at radius 3 is 2.46 bits per heavy atom. The fraction of sp³-hybridized carbons (Fsp3) is 0.333. The second kappa shape index (κ2) is 7.21. The SMILES string of the molecule is Br.C=CCN1C=CN(CC=CBr)C1. The minimum absolute atomic E-state index is 0. The molecule has 2 nitrogen and oxygen atoms in total. The van der Waals surface area contributed by atoms with Crippen LogP contribution in [0.5, 0.6) is 0 Å². The van der Waals surface area contributed by atoms with Gasteiger partial charge in [-0.05, 0) is 4.99 Å². The van der Waals surface area contributed by atoms with Gasteiger partial charge in [0.15, 0.2) is 0 Å². The average Bonchev–Trinajstić information content (AvgIpc) is 2.50. The molecule has 0 aromatic heterocycles. The second-order valence-electron chi connectivity index (χ2n) is 2.63. The van der Waals surface area contributed by atoms with E-state index in [0.717, 1.165) is 19.8 Å². The summed E-state index contributed by atoms with van der Waals surface area (Å²) in [5, 5.41) is 0. The molecular formula is C9H14Br2N2. The van der Waals surface area contributed by atoms with E-state index in [4.69, 9.17) is 0 Å². The van der Waals surface area contributed by atoms with E-state index in [9.17, 15) is 0 Å². The Balaban J connectivity index is 0.00000144. The average molecular weight is 310 g/mol. The molecule has 0 saturated heterocycles. The number of hydrogen-bond donors (Lipinski definition) is 0. The van der Waals surface area contributed by atoms with Crippen LogP contribution in [0.1, 0.15) is 0 Å². The zero-order valence-electron chi connectivity index (χ0n) is 7.40. The number of rotatable bonds is 4. The Morgan fingerprint density at radius 1 is 1.31 bits per heavy atom. The lowest BCUT2D eigenvalue weighted by Crippen LogP contribution is -2.25. The van der Waals surface area contributed by atoms with Gasteiger partial charge in [-0.1, -0.05) is 28.1 Å². The van der Waals surface area contributed by atoms with Gasteiger partial charge in [0.25, 0.3) is 0 Å². The van der Waals surface area contributed by atoms with E-state index in [1.807, 2.05) is 11.1 Å². The Hall–Kier alpha value is -0.220. The Kier molecular flexibility index (Phi) is 7.09. The summed E-state index contributed by atoms with van der Waals surface area (Å²) in [6.45, 7) is 6.53. The van der Waals surface area contributed by atoms with Crippen LogP contribution in [-0.4, -0.2) is 29.6 Å². The number of hydrogen-bond acceptors (Lipinski definition) is 2. The maximum atomic E-state index is 3.70. The number of nitrogens with zero attached hydrogens (tertiary/aromatic N) is 2.